The highest BCUT2D eigenvalue weighted by atomic mass is 19.4. The second-order valence-corrected chi connectivity index (χ2v) is 3.02. The molecular formula is C9H10F3NO. The van der Waals surface area contributed by atoms with Crippen LogP contribution in [-0.4, -0.2) is 5.11 Å². The quantitative estimate of drug-likeness (QED) is 0.691. The van der Waals surface area contributed by atoms with E-state index in [-0.39, 0.29) is 11.3 Å². The zero-order valence-corrected chi connectivity index (χ0v) is 7.47. The SMILES string of the molecule is CC(O)c1cc(C(F)(F)F)ccc1N. The minimum absolute atomic E-state index is 0.0971. The predicted octanol–water partition coefficient (Wildman–Crippen LogP) is 2.34. The van der Waals surface area contributed by atoms with Gasteiger partial charge in [-0.15, -0.1) is 0 Å². The van der Waals surface area contributed by atoms with E-state index in [1.807, 2.05) is 0 Å². The summed E-state index contributed by atoms with van der Waals surface area (Å²) in [7, 11) is 0. The van der Waals surface area contributed by atoms with Crippen LogP contribution in [0.5, 0.6) is 0 Å². The summed E-state index contributed by atoms with van der Waals surface area (Å²) in [5.41, 5.74) is 4.86. The summed E-state index contributed by atoms with van der Waals surface area (Å²) < 4.78 is 36.7. The normalized spacial score (nSPS) is 14.1. The average Bonchev–Trinajstić information content (AvgIpc) is 2.02. The molecule has 0 aromatic heterocycles. The number of nitrogens with two attached hydrogens (primary N) is 1. The van der Waals surface area contributed by atoms with E-state index >= 15 is 0 Å². The third kappa shape index (κ3) is 2.17. The number of benzene rings is 1. The monoisotopic (exact) mass is 205 g/mol. The molecule has 0 amide bonds. The number of halogens is 3. The summed E-state index contributed by atoms with van der Waals surface area (Å²) in [6.07, 6.45) is -5.41. The molecule has 0 radical (unpaired) electrons. The molecule has 1 unspecified atom stereocenters. The fourth-order valence-electron chi connectivity index (χ4n) is 1.11. The van der Waals surface area contributed by atoms with Gasteiger partial charge in [0, 0.05) is 11.3 Å². The number of nitrogen functional groups attached to an aromatic ring is 1. The number of hydrogen-bond donors (Lipinski definition) is 2. The lowest BCUT2D eigenvalue weighted by atomic mass is 10.0. The van der Waals surface area contributed by atoms with Crippen LogP contribution in [0.4, 0.5) is 18.9 Å². The molecule has 5 heteroatoms. The molecule has 0 bridgehead atoms. The highest BCUT2D eigenvalue weighted by Crippen LogP contribution is 2.32. The lowest BCUT2D eigenvalue weighted by Crippen LogP contribution is -2.07. The topological polar surface area (TPSA) is 46.2 Å². The molecule has 1 rings (SSSR count). The Bertz CT molecular complexity index is 333. The van der Waals surface area contributed by atoms with Gasteiger partial charge in [-0.05, 0) is 25.1 Å². The van der Waals surface area contributed by atoms with Crippen molar-refractivity contribution in [2.75, 3.05) is 5.73 Å². The van der Waals surface area contributed by atoms with Gasteiger partial charge in [0.25, 0.3) is 0 Å². The molecule has 1 aromatic carbocycles. The molecule has 1 aromatic rings. The number of hydrogen-bond acceptors (Lipinski definition) is 2. The van der Waals surface area contributed by atoms with E-state index in [0.717, 1.165) is 18.2 Å². The number of alkyl halides is 3. The fourth-order valence-corrected chi connectivity index (χ4v) is 1.11. The molecule has 0 aliphatic rings. The van der Waals surface area contributed by atoms with Gasteiger partial charge in [0.15, 0.2) is 0 Å². The maximum absolute atomic E-state index is 12.2. The fraction of sp³-hybridized carbons (Fsp3) is 0.333. The smallest absolute Gasteiger partial charge is 0.398 e. The first kappa shape index (κ1) is 10.8. The predicted molar refractivity (Wildman–Crippen MR) is 46.5 cm³/mol. The van der Waals surface area contributed by atoms with Crippen LogP contribution in [-0.2, 0) is 6.18 Å². The van der Waals surface area contributed by atoms with E-state index in [0.29, 0.717) is 0 Å². The van der Waals surface area contributed by atoms with Crippen LogP contribution in [0.2, 0.25) is 0 Å². The Morgan fingerprint density at radius 3 is 2.36 bits per heavy atom. The zero-order valence-electron chi connectivity index (χ0n) is 7.47. The van der Waals surface area contributed by atoms with Crippen LogP contribution >= 0.6 is 0 Å². The maximum Gasteiger partial charge on any atom is 0.416 e. The Labute approximate surface area is 79.2 Å². The van der Waals surface area contributed by atoms with Crippen LogP contribution in [0.3, 0.4) is 0 Å². The number of aliphatic hydroxyl groups excluding tert-OH is 1. The largest absolute Gasteiger partial charge is 0.416 e. The van der Waals surface area contributed by atoms with Crippen LogP contribution in [0, 0.1) is 0 Å². The first-order valence-corrected chi connectivity index (χ1v) is 3.97. The molecular weight excluding hydrogens is 195 g/mol. The van der Waals surface area contributed by atoms with Crippen LogP contribution in [0.25, 0.3) is 0 Å². The molecule has 0 spiro atoms. The van der Waals surface area contributed by atoms with Crippen molar-refractivity contribution < 1.29 is 18.3 Å². The lowest BCUT2D eigenvalue weighted by molar-refractivity contribution is -0.137. The summed E-state index contributed by atoms with van der Waals surface area (Å²) in [6, 6.07) is 2.89. The zero-order chi connectivity index (χ0) is 10.9. The highest BCUT2D eigenvalue weighted by Gasteiger charge is 2.31. The van der Waals surface area contributed by atoms with Gasteiger partial charge in [0.1, 0.15) is 0 Å². The first-order valence-electron chi connectivity index (χ1n) is 3.97. The molecule has 3 N–H and O–H groups in total. The Morgan fingerprint density at radius 1 is 1.36 bits per heavy atom. The third-order valence-electron chi connectivity index (χ3n) is 1.86. The molecule has 1 atom stereocenters. The summed E-state index contributed by atoms with van der Waals surface area (Å²) in [5.74, 6) is 0. The molecule has 0 fully saturated rings. The molecule has 0 aliphatic heterocycles. The van der Waals surface area contributed by atoms with Gasteiger partial charge in [0.05, 0.1) is 11.7 Å². The number of aliphatic hydroxyl groups is 1. The van der Waals surface area contributed by atoms with Gasteiger partial charge < -0.3 is 10.8 Å². The molecule has 0 heterocycles. The molecule has 0 saturated heterocycles. The standard InChI is InChI=1S/C9H10F3NO/c1-5(14)7-4-6(9(10,11)12)2-3-8(7)13/h2-5,14H,13H2,1H3. The Hall–Kier alpha value is -1.23. The Balaban J connectivity index is 3.20. The van der Waals surface area contributed by atoms with Crippen molar-refractivity contribution >= 4 is 5.69 Å². The maximum atomic E-state index is 12.2. The Morgan fingerprint density at radius 2 is 1.93 bits per heavy atom. The van der Waals surface area contributed by atoms with Crippen molar-refractivity contribution in [2.45, 2.75) is 19.2 Å². The van der Waals surface area contributed by atoms with Gasteiger partial charge in [-0.1, -0.05) is 0 Å². The van der Waals surface area contributed by atoms with E-state index in [9.17, 15) is 13.2 Å². The van der Waals surface area contributed by atoms with Gasteiger partial charge in [0.2, 0.25) is 0 Å². The van der Waals surface area contributed by atoms with Crippen molar-refractivity contribution in [3.8, 4) is 0 Å². The highest BCUT2D eigenvalue weighted by molar-refractivity contribution is 5.50. The van der Waals surface area contributed by atoms with E-state index in [1.165, 1.54) is 6.92 Å². The summed E-state index contributed by atoms with van der Waals surface area (Å²) in [6.45, 7) is 1.37. The second-order valence-electron chi connectivity index (χ2n) is 3.02. The van der Waals surface area contributed by atoms with Crippen molar-refractivity contribution in [3.05, 3.63) is 29.3 Å². The van der Waals surface area contributed by atoms with Crippen LogP contribution < -0.4 is 5.73 Å². The van der Waals surface area contributed by atoms with Crippen molar-refractivity contribution in [1.29, 1.82) is 0 Å². The van der Waals surface area contributed by atoms with Crippen molar-refractivity contribution in [2.24, 2.45) is 0 Å². The van der Waals surface area contributed by atoms with Crippen molar-refractivity contribution in [3.63, 3.8) is 0 Å². The molecule has 2 nitrogen and oxygen atoms in total. The van der Waals surface area contributed by atoms with Gasteiger partial charge in [-0.25, -0.2) is 0 Å². The van der Waals surface area contributed by atoms with E-state index in [4.69, 9.17) is 10.8 Å². The first-order chi connectivity index (χ1) is 6.32. The van der Waals surface area contributed by atoms with E-state index in [2.05, 4.69) is 0 Å². The minimum atomic E-state index is -4.41. The molecule has 0 saturated carbocycles. The summed E-state index contributed by atoms with van der Waals surface area (Å²) in [4.78, 5) is 0. The van der Waals surface area contributed by atoms with E-state index < -0.39 is 17.8 Å². The van der Waals surface area contributed by atoms with Gasteiger partial charge >= 0.3 is 6.18 Å². The summed E-state index contributed by atoms with van der Waals surface area (Å²) >= 11 is 0. The lowest BCUT2D eigenvalue weighted by Gasteiger charge is -2.12. The molecule has 78 valence electrons. The van der Waals surface area contributed by atoms with Gasteiger partial charge in [-0.2, -0.15) is 13.2 Å². The second kappa shape index (κ2) is 3.49. The van der Waals surface area contributed by atoms with Crippen LogP contribution in [0.15, 0.2) is 18.2 Å². The minimum Gasteiger partial charge on any atom is -0.398 e. The van der Waals surface area contributed by atoms with Crippen molar-refractivity contribution in [1.82, 2.24) is 0 Å². The Kier molecular flexibility index (Phi) is 2.71. The molecule has 14 heavy (non-hydrogen) atoms. The average molecular weight is 205 g/mol. The number of rotatable bonds is 1. The third-order valence-corrected chi connectivity index (χ3v) is 1.86. The summed E-state index contributed by atoms with van der Waals surface area (Å²) in [5, 5.41) is 9.15. The van der Waals surface area contributed by atoms with Gasteiger partial charge in [-0.3, -0.25) is 0 Å². The number of anilines is 1. The van der Waals surface area contributed by atoms with E-state index in [1.54, 1.807) is 0 Å². The molecule has 0 aliphatic carbocycles. The van der Waals surface area contributed by atoms with Crippen LogP contribution in [0.1, 0.15) is 24.2 Å².